The number of hydrogen-bond acceptors (Lipinski definition) is 8. The number of carbonyl (C=O) groups excluding carboxylic acids is 1. The van der Waals surface area contributed by atoms with Gasteiger partial charge in [-0.2, -0.15) is 5.10 Å². The fourth-order valence-electron chi connectivity index (χ4n) is 3.80. The molecule has 11 nitrogen and oxygen atoms in total. The lowest BCUT2D eigenvalue weighted by atomic mass is 10.1. The lowest BCUT2D eigenvalue weighted by Crippen LogP contribution is -2.39. The zero-order chi connectivity index (χ0) is 24.7. The van der Waals surface area contributed by atoms with E-state index >= 15 is 0 Å². The van der Waals surface area contributed by atoms with Crippen LogP contribution in [0.3, 0.4) is 0 Å². The predicted octanol–water partition coefficient (Wildman–Crippen LogP) is 3.34. The first kappa shape index (κ1) is 23.4. The molecule has 0 spiro atoms. The molecule has 0 bridgehead atoms. The maximum atomic E-state index is 15.0. The molecule has 0 radical (unpaired) electrons. The van der Waals surface area contributed by atoms with E-state index in [0.29, 0.717) is 5.69 Å². The first-order valence-corrected chi connectivity index (χ1v) is 11.0. The highest BCUT2D eigenvalue weighted by Crippen LogP contribution is 2.36. The van der Waals surface area contributed by atoms with Gasteiger partial charge in [0.05, 0.1) is 24.6 Å². The van der Waals surface area contributed by atoms with Crippen molar-refractivity contribution in [1.29, 1.82) is 0 Å². The zero-order valence-corrected chi connectivity index (χ0v) is 18.9. The first-order chi connectivity index (χ1) is 16.7. The topological polar surface area (TPSA) is 128 Å². The van der Waals surface area contributed by atoms with Crippen LogP contribution in [0.4, 0.5) is 29.7 Å². The van der Waals surface area contributed by atoms with Gasteiger partial charge in [-0.25, -0.2) is 27.9 Å². The number of alkyl carbamates (subject to hydrolysis) is 1. The number of hydrogen-bond donors (Lipinski definition) is 3. The van der Waals surface area contributed by atoms with Gasteiger partial charge in [0.1, 0.15) is 17.4 Å². The van der Waals surface area contributed by atoms with Crippen LogP contribution in [0, 0.1) is 0 Å². The summed E-state index contributed by atoms with van der Waals surface area (Å²) in [7, 11) is 1.50. The molecule has 1 aliphatic heterocycles. The Balaban J connectivity index is 1.30. The third-order valence-electron chi connectivity index (χ3n) is 5.93. The van der Waals surface area contributed by atoms with Crippen molar-refractivity contribution in [1.82, 2.24) is 29.9 Å². The molecule has 1 aliphatic carbocycles. The summed E-state index contributed by atoms with van der Waals surface area (Å²) in [5.74, 6) is 0.239. The van der Waals surface area contributed by atoms with E-state index in [2.05, 4.69) is 30.8 Å². The number of methoxy groups -OCH3 is 1. The van der Waals surface area contributed by atoms with Gasteiger partial charge in [-0.05, 0) is 19.8 Å². The summed E-state index contributed by atoms with van der Waals surface area (Å²) in [5.41, 5.74) is 0.310. The Labute approximate surface area is 197 Å². The van der Waals surface area contributed by atoms with E-state index in [-0.39, 0.29) is 41.9 Å². The third-order valence-corrected chi connectivity index (χ3v) is 5.93. The number of rotatable bonds is 8. The lowest BCUT2D eigenvalue weighted by Gasteiger charge is -2.17. The van der Waals surface area contributed by atoms with E-state index in [1.807, 2.05) is 6.92 Å². The van der Waals surface area contributed by atoms with Gasteiger partial charge in [-0.1, -0.05) is 0 Å². The average Bonchev–Trinajstić information content (AvgIpc) is 3.14. The molecular formula is C21H24F3N7O4. The van der Waals surface area contributed by atoms with Crippen LogP contribution in [0.1, 0.15) is 49.4 Å². The SMILES string of the molecule is COCc1cn2c(Nc3cc([C@@H]4OC[C@H](OC(=O)NC5(C)CC5)[C@H]4F)[nH]n3)nc(C(F)F)cc2n1. The number of imidazole rings is 1. The molecule has 188 valence electrons. The van der Waals surface area contributed by atoms with Crippen molar-refractivity contribution in [3.63, 3.8) is 0 Å². The Morgan fingerprint density at radius 2 is 2.17 bits per heavy atom. The van der Waals surface area contributed by atoms with Gasteiger partial charge >= 0.3 is 6.09 Å². The molecule has 0 unspecified atom stereocenters. The Hall–Kier alpha value is -3.39. The van der Waals surface area contributed by atoms with Crippen LogP contribution in [0.2, 0.25) is 0 Å². The lowest BCUT2D eigenvalue weighted by molar-refractivity contribution is 0.0604. The zero-order valence-electron chi connectivity index (χ0n) is 18.9. The van der Waals surface area contributed by atoms with Gasteiger partial charge in [-0.15, -0.1) is 0 Å². The number of carbonyl (C=O) groups is 1. The Kier molecular flexibility index (Phi) is 6.01. The van der Waals surface area contributed by atoms with Crippen molar-refractivity contribution in [2.24, 2.45) is 0 Å². The van der Waals surface area contributed by atoms with Crippen molar-refractivity contribution >= 4 is 23.5 Å². The van der Waals surface area contributed by atoms with Gasteiger partial charge in [0, 0.05) is 31.0 Å². The maximum Gasteiger partial charge on any atom is 0.408 e. The molecule has 3 atom stereocenters. The van der Waals surface area contributed by atoms with Crippen LogP contribution < -0.4 is 10.6 Å². The van der Waals surface area contributed by atoms with Gasteiger partial charge in [0.2, 0.25) is 5.95 Å². The number of ether oxygens (including phenoxy) is 3. The number of alkyl halides is 3. The van der Waals surface area contributed by atoms with Gasteiger partial charge in [0.15, 0.2) is 18.1 Å². The fraction of sp³-hybridized carbons (Fsp3) is 0.524. The van der Waals surface area contributed by atoms with Gasteiger partial charge < -0.3 is 24.8 Å². The highest BCUT2D eigenvalue weighted by Gasteiger charge is 2.44. The Bertz CT molecular complexity index is 1230. The average molecular weight is 495 g/mol. The molecule has 1 amide bonds. The summed E-state index contributed by atoms with van der Waals surface area (Å²) in [4.78, 5) is 20.2. The summed E-state index contributed by atoms with van der Waals surface area (Å²) in [6, 6.07) is 2.66. The number of nitrogens with one attached hydrogen (secondary N) is 3. The minimum absolute atomic E-state index is 0.0429. The minimum Gasteiger partial charge on any atom is -0.441 e. The summed E-state index contributed by atoms with van der Waals surface area (Å²) >= 11 is 0. The highest BCUT2D eigenvalue weighted by molar-refractivity contribution is 5.69. The summed E-state index contributed by atoms with van der Waals surface area (Å²) in [6.07, 6.45) is -3.94. The highest BCUT2D eigenvalue weighted by atomic mass is 19.3. The van der Waals surface area contributed by atoms with Gasteiger partial charge in [-0.3, -0.25) is 9.50 Å². The number of nitrogens with zero attached hydrogens (tertiary/aromatic N) is 4. The largest absolute Gasteiger partial charge is 0.441 e. The number of aromatic amines is 1. The molecule has 2 fully saturated rings. The van der Waals surface area contributed by atoms with Gasteiger partial charge in [0.25, 0.3) is 6.43 Å². The number of H-pyrrole nitrogens is 1. The number of anilines is 2. The number of aromatic nitrogens is 5. The van der Waals surface area contributed by atoms with Crippen molar-refractivity contribution in [2.75, 3.05) is 19.0 Å². The van der Waals surface area contributed by atoms with Crippen LogP contribution in [0.15, 0.2) is 18.3 Å². The van der Waals surface area contributed by atoms with E-state index in [1.165, 1.54) is 23.6 Å². The second-order valence-electron chi connectivity index (χ2n) is 8.86. The number of halogens is 3. The summed E-state index contributed by atoms with van der Waals surface area (Å²) in [5, 5.41) is 12.3. The fourth-order valence-corrected chi connectivity index (χ4v) is 3.80. The smallest absolute Gasteiger partial charge is 0.408 e. The van der Waals surface area contributed by atoms with Crippen LogP contribution in [0.25, 0.3) is 5.65 Å². The van der Waals surface area contributed by atoms with E-state index in [0.717, 1.165) is 12.8 Å². The second-order valence-corrected chi connectivity index (χ2v) is 8.86. The van der Waals surface area contributed by atoms with E-state index in [4.69, 9.17) is 14.2 Å². The minimum atomic E-state index is -2.81. The molecular weight excluding hydrogens is 471 g/mol. The molecule has 1 saturated heterocycles. The molecule has 4 heterocycles. The molecule has 5 rings (SSSR count). The van der Waals surface area contributed by atoms with Crippen molar-refractivity contribution in [2.45, 2.75) is 56.7 Å². The quantitative estimate of drug-likeness (QED) is 0.434. The molecule has 3 aromatic rings. The molecule has 35 heavy (non-hydrogen) atoms. The third kappa shape index (κ3) is 4.89. The summed E-state index contributed by atoms with van der Waals surface area (Å²) in [6.45, 7) is 1.96. The number of amides is 1. The predicted molar refractivity (Wildman–Crippen MR) is 115 cm³/mol. The first-order valence-electron chi connectivity index (χ1n) is 11.0. The molecule has 2 aliphatic rings. The molecule has 1 saturated carbocycles. The standard InChI is InChI=1S/C21H24F3N7O4/c1-21(3-4-21)28-20(32)35-13-9-34-17(16(13)22)11-5-14(30-29-11)27-19-26-12(18(23)24)6-15-25-10(8-33-2)7-31(15)19/h5-7,13,16-18H,3-4,8-9H2,1-2H3,(H,28,32)(H2,26,27,29,30)/t13-,16+,17-/m0/s1. The maximum absolute atomic E-state index is 15.0. The van der Waals surface area contributed by atoms with Crippen LogP contribution >= 0.6 is 0 Å². The van der Waals surface area contributed by atoms with Crippen LogP contribution in [-0.4, -0.2) is 62.2 Å². The van der Waals surface area contributed by atoms with E-state index in [9.17, 15) is 18.0 Å². The Morgan fingerprint density at radius 3 is 2.89 bits per heavy atom. The molecule has 14 heteroatoms. The van der Waals surface area contributed by atoms with Crippen molar-refractivity contribution < 1.29 is 32.2 Å². The monoisotopic (exact) mass is 495 g/mol. The van der Waals surface area contributed by atoms with Crippen molar-refractivity contribution in [3.05, 3.63) is 35.4 Å². The van der Waals surface area contributed by atoms with Crippen LogP contribution in [-0.2, 0) is 20.8 Å². The molecule has 3 aromatic heterocycles. The Morgan fingerprint density at radius 1 is 1.37 bits per heavy atom. The van der Waals surface area contributed by atoms with Crippen LogP contribution in [0.5, 0.6) is 0 Å². The van der Waals surface area contributed by atoms with Crippen molar-refractivity contribution in [3.8, 4) is 0 Å². The normalized spacial score (nSPS) is 23.1. The number of fused-ring (bicyclic) bond motifs is 1. The molecule has 3 N–H and O–H groups in total. The second kappa shape index (κ2) is 9.00. The molecule has 0 aromatic carbocycles. The van der Waals surface area contributed by atoms with E-state index < -0.39 is 36.6 Å². The summed E-state index contributed by atoms with van der Waals surface area (Å²) < 4.78 is 59.0. The van der Waals surface area contributed by atoms with E-state index in [1.54, 1.807) is 6.20 Å².